The van der Waals surface area contributed by atoms with Crippen molar-refractivity contribution in [3.8, 4) is 0 Å². The summed E-state index contributed by atoms with van der Waals surface area (Å²) < 4.78 is 21.3. The Kier molecular flexibility index (Phi) is 18.0. The van der Waals surface area contributed by atoms with Gasteiger partial charge in [-0.05, 0) is 12.8 Å². The fourth-order valence-electron chi connectivity index (χ4n) is 2.67. The van der Waals surface area contributed by atoms with Gasteiger partial charge in [-0.1, -0.05) is 13.3 Å². The number of hydrogen-bond acceptors (Lipinski definition) is 9. The van der Waals surface area contributed by atoms with Crippen LogP contribution in [-0.4, -0.2) is 96.9 Å². The van der Waals surface area contributed by atoms with Crippen molar-refractivity contribution >= 4 is 29.8 Å². The minimum absolute atomic E-state index is 0.0377. The molecule has 202 valence electrons. The van der Waals surface area contributed by atoms with Crippen molar-refractivity contribution in [3.63, 3.8) is 0 Å². The highest BCUT2D eigenvalue weighted by Crippen LogP contribution is 2.12. The van der Waals surface area contributed by atoms with E-state index in [0.29, 0.717) is 6.61 Å². The first-order chi connectivity index (χ1) is 16.6. The van der Waals surface area contributed by atoms with Gasteiger partial charge in [0.1, 0.15) is 5.54 Å². The molecule has 0 saturated heterocycles. The Morgan fingerprint density at radius 2 is 1.11 bits per heavy atom. The normalized spacial score (nSPS) is 11.1. The van der Waals surface area contributed by atoms with Gasteiger partial charge >= 0.3 is 23.9 Å². The molecule has 13 nitrogen and oxygen atoms in total. The van der Waals surface area contributed by atoms with Crippen LogP contribution in [0.25, 0.3) is 0 Å². The highest BCUT2D eigenvalue weighted by atomic mass is 16.5. The molecule has 1 amide bonds. The molecule has 0 aliphatic heterocycles. The number of carboxylic acid groups (broad SMARTS) is 3. The molecule has 35 heavy (non-hydrogen) atoms. The highest BCUT2D eigenvalue weighted by molar-refractivity contribution is 5.78. The summed E-state index contributed by atoms with van der Waals surface area (Å²) in [5, 5.41) is 29.1. The average molecular weight is 508 g/mol. The Hall–Kier alpha value is -2.77. The summed E-state index contributed by atoms with van der Waals surface area (Å²) in [6.07, 6.45) is 0.994. The van der Waals surface area contributed by atoms with Crippen LogP contribution in [0, 0.1) is 0 Å². The number of esters is 1. The summed E-state index contributed by atoms with van der Waals surface area (Å²) in [5.74, 6) is -4.14. The molecule has 0 aromatic heterocycles. The molecular formula is C22H37NO12. The van der Waals surface area contributed by atoms with Gasteiger partial charge < -0.3 is 39.6 Å². The number of hydrogen-bond donors (Lipinski definition) is 4. The molecule has 0 rings (SSSR count). The molecule has 0 spiro atoms. The van der Waals surface area contributed by atoms with Crippen LogP contribution < -0.4 is 5.32 Å². The quantitative estimate of drug-likeness (QED) is 0.112. The Morgan fingerprint density at radius 3 is 1.51 bits per heavy atom. The number of carboxylic acids is 3. The third kappa shape index (κ3) is 19.3. The van der Waals surface area contributed by atoms with Gasteiger partial charge in [-0.15, -0.1) is 0 Å². The molecule has 0 atom stereocenters. The van der Waals surface area contributed by atoms with Gasteiger partial charge in [0.25, 0.3) is 0 Å². The Bertz CT molecular complexity index is 612. The Balaban J connectivity index is 5.11. The second-order valence-corrected chi connectivity index (χ2v) is 7.85. The fraction of sp³-hybridized carbons (Fsp3) is 0.773. The number of unbranched alkanes of at least 4 members (excludes halogenated alkanes) is 1. The number of carbonyl (C=O) groups excluding carboxylic acids is 2. The number of carbonyl (C=O) groups is 5. The third-order valence-electron chi connectivity index (χ3n) is 4.47. The van der Waals surface area contributed by atoms with Crippen LogP contribution in [-0.2, 0) is 42.9 Å². The lowest BCUT2D eigenvalue weighted by molar-refractivity contribution is -0.144. The first kappa shape index (κ1) is 32.2. The zero-order valence-corrected chi connectivity index (χ0v) is 20.1. The molecular weight excluding hydrogens is 470 g/mol. The van der Waals surface area contributed by atoms with Crippen molar-refractivity contribution in [1.82, 2.24) is 5.32 Å². The van der Waals surface area contributed by atoms with Crippen LogP contribution in [0.4, 0.5) is 0 Å². The van der Waals surface area contributed by atoms with Crippen LogP contribution in [0.5, 0.6) is 0 Å². The first-order valence-corrected chi connectivity index (χ1v) is 11.5. The molecule has 4 N–H and O–H groups in total. The maximum atomic E-state index is 12.6. The second-order valence-electron chi connectivity index (χ2n) is 7.85. The lowest BCUT2D eigenvalue weighted by atomic mass is 10.0. The lowest BCUT2D eigenvalue weighted by Crippen LogP contribution is -2.58. The number of amides is 1. The SMILES string of the molecule is CCCCOC(=O)CCCC(=O)NC(COCCC(=O)O)(COCCC(=O)O)COCCC(=O)O. The molecule has 0 aromatic carbocycles. The summed E-state index contributed by atoms with van der Waals surface area (Å²) in [5.41, 5.74) is -1.34. The van der Waals surface area contributed by atoms with Crippen LogP contribution in [0.2, 0.25) is 0 Å². The highest BCUT2D eigenvalue weighted by Gasteiger charge is 2.34. The summed E-state index contributed by atoms with van der Waals surface area (Å²) >= 11 is 0. The summed E-state index contributed by atoms with van der Waals surface area (Å²) in [6.45, 7) is 1.09. The van der Waals surface area contributed by atoms with Gasteiger partial charge in [0.2, 0.25) is 5.91 Å². The molecule has 0 fully saturated rings. The minimum Gasteiger partial charge on any atom is -0.481 e. The van der Waals surface area contributed by atoms with E-state index in [-0.39, 0.29) is 78.2 Å². The number of ether oxygens (including phenoxy) is 4. The maximum absolute atomic E-state index is 12.6. The zero-order chi connectivity index (χ0) is 26.5. The van der Waals surface area contributed by atoms with Gasteiger partial charge in [-0.3, -0.25) is 24.0 Å². The Morgan fingerprint density at radius 1 is 0.657 bits per heavy atom. The molecule has 0 heterocycles. The lowest BCUT2D eigenvalue weighted by Gasteiger charge is -2.34. The second kappa shape index (κ2) is 19.5. The fourth-order valence-corrected chi connectivity index (χ4v) is 2.67. The zero-order valence-electron chi connectivity index (χ0n) is 20.1. The molecule has 0 aromatic rings. The van der Waals surface area contributed by atoms with Crippen LogP contribution >= 0.6 is 0 Å². The van der Waals surface area contributed by atoms with E-state index in [4.69, 9.17) is 34.3 Å². The average Bonchev–Trinajstić information content (AvgIpc) is 2.77. The van der Waals surface area contributed by atoms with E-state index in [0.717, 1.165) is 12.8 Å². The molecule has 0 bridgehead atoms. The van der Waals surface area contributed by atoms with Gasteiger partial charge in [-0.2, -0.15) is 0 Å². The van der Waals surface area contributed by atoms with Crippen molar-refractivity contribution in [2.75, 3.05) is 46.2 Å². The molecule has 0 radical (unpaired) electrons. The van der Waals surface area contributed by atoms with E-state index in [1.807, 2.05) is 6.92 Å². The van der Waals surface area contributed by atoms with Crippen LogP contribution in [0.1, 0.15) is 58.3 Å². The number of aliphatic carboxylic acids is 3. The largest absolute Gasteiger partial charge is 0.481 e. The molecule has 13 heteroatoms. The van der Waals surface area contributed by atoms with Crippen molar-refractivity contribution in [2.45, 2.75) is 63.8 Å². The standard InChI is InChI=1S/C22H37NO12/c1-2-3-10-35-21(31)6-4-5-17(24)23-22(14-32-11-7-18(25)26,15-33-12-8-19(27)28)16-34-13-9-20(29)30/h2-16H2,1H3,(H,23,24)(H,25,26)(H,27,28)(H,29,30). The first-order valence-electron chi connectivity index (χ1n) is 11.5. The smallest absolute Gasteiger partial charge is 0.305 e. The third-order valence-corrected chi connectivity index (χ3v) is 4.47. The van der Waals surface area contributed by atoms with E-state index in [2.05, 4.69) is 5.32 Å². The number of rotatable bonds is 23. The monoisotopic (exact) mass is 507 g/mol. The van der Waals surface area contributed by atoms with Crippen LogP contribution in [0.15, 0.2) is 0 Å². The van der Waals surface area contributed by atoms with Gasteiger partial charge in [0.15, 0.2) is 0 Å². The molecule has 0 saturated carbocycles. The summed E-state index contributed by atoms with van der Waals surface area (Å²) in [6, 6.07) is 0. The van der Waals surface area contributed by atoms with E-state index in [1.54, 1.807) is 0 Å². The molecule has 0 aliphatic carbocycles. The Labute approximate surface area is 204 Å². The predicted molar refractivity (Wildman–Crippen MR) is 120 cm³/mol. The summed E-state index contributed by atoms with van der Waals surface area (Å²) in [4.78, 5) is 56.6. The van der Waals surface area contributed by atoms with E-state index in [1.165, 1.54) is 0 Å². The van der Waals surface area contributed by atoms with Crippen molar-refractivity contribution in [1.29, 1.82) is 0 Å². The van der Waals surface area contributed by atoms with Crippen molar-refractivity contribution < 1.29 is 58.2 Å². The van der Waals surface area contributed by atoms with E-state index >= 15 is 0 Å². The van der Waals surface area contributed by atoms with Crippen molar-refractivity contribution in [3.05, 3.63) is 0 Å². The topological polar surface area (TPSA) is 195 Å². The van der Waals surface area contributed by atoms with E-state index in [9.17, 15) is 24.0 Å². The van der Waals surface area contributed by atoms with Crippen LogP contribution in [0.3, 0.4) is 0 Å². The maximum Gasteiger partial charge on any atom is 0.305 e. The molecule has 0 unspecified atom stereocenters. The summed E-state index contributed by atoms with van der Waals surface area (Å²) in [7, 11) is 0. The van der Waals surface area contributed by atoms with Gasteiger partial charge in [0.05, 0.1) is 65.5 Å². The van der Waals surface area contributed by atoms with Gasteiger partial charge in [0, 0.05) is 12.8 Å². The predicted octanol–water partition coefficient (Wildman–Crippen LogP) is 0.829. The number of nitrogens with one attached hydrogen (secondary N) is 1. The molecule has 0 aliphatic rings. The van der Waals surface area contributed by atoms with Crippen molar-refractivity contribution in [2.24, 2.45) is 0 Å². The minimum atomic E-state index is -1.34. The van der Waals surface area contributed by atoms with Gasteiger partial charge in [-0.25, -0.2) is 0 Å². The van der Waals surface area contributed by atoms with E-state index < -0.39 is 35.3 Å².